The van der Waals surface area contributed by atoms with Crippen molar-refractivity contribution < 1.29 is 13.2 Å². The molecule has 2 unspecified atom stereocenters. The van der Waals surface area contributed by atoms with Crippen molar-refractivity contribution in [2.75, 3.05) is 0 Å². The van der Waals surface area contributed by atoms with Gasteiger partial charge in [-0.2, -0.15) is 13.2 Å². The van der Waals surface area contributed by atoms with Crippen molar-refractivity contribution in [3.05, 3.63) is 24.3 Å². The Morgan fingerprint density at radius 1 is 0.867 bits per heavy atom. The summed E-state index contributed by atoms with van der Waals surface area (Å²) in [6.45, 7) is 0. The molecule has 1 fully saturated rings. The first-order chi connectivity index (χ1) is 7.09. The van der Waals surface area contributed by atoms with Gasteiger partial charge in [0.05, 0.1) is 5.92 Å². The second-order valence-electron chi connectivity index (χ2n) is 4.41. The minimum absolute atomic E-state index is 0.294. The molecule has 2 bridgehead atoms. The predicted molar refractivity (Wildman–Crippen MR) is 53.3 cm³/mol. The Morgan fingerprint density at radius 2 is 1.33 bits per heavy atom. The van der Waals surface area contributed by atoms with Crippen molar-refractivity contribution in [3.63, 3.8) is 0 Å². The minimum atomic E-state index is -4.05. The van der Waals surface area contributed by atoms with E-state index in [1.807, 2.05) is 12.2 Å². The molecule has 0 N–H and O–H groups in total. The lowest BCUT2D eigenvalue weighted by Gasteiger charge is -2.23. The second kappa shape index (κ2) is 4.03. The standard InChI is InChI=1S/C12H15F3/c13-12(14,15)11-9-5-3-1-2-4-6-10(11)8-7-9/h3-6,9-11H,1-2,7-8H2/b5-3-,6-4-. The van der Waals surface area contributed by atoms with Crippen LogP contribution in [0.25, 0.3) is 0 Å². The monoisotopic (exact) mass is 216 g/mol. The van der Waals surface area contributed by atoms with Crippen molar-refractivity contribution in [1.29, 1.82) is 0 Å². The number of rotatable bonds is 0. The lowest BCUT2D eigenvalue weighted by Crippen LogP contribution is -2.30. The van der Waals surface area contributed by atoms with E-state index in [0.717, 1.165) is 12.8 Å². The summed E-state index contributed by atoms with van der Waals surface area (Å²) < 4.78 is 38.6. The third kappa shape index (κ3) is 2.27. The highest BCUT2D eigenvalue weighted by Gasteiger charge is 2.50. The molecule has 2 atom stereocenters. The van der Waals surface area contributed by atoms with Crippen molar-refractivity contribution in [2.24, 2.45) is 17.8 Å². The van der Waals surface area contributed by atoms with Gasteiger partial charge in [-0.25, -0.2) is 0 Å². The number of hydrogen-bond acceptors (Lipinski definition) is 0. The number of hydrogen-bond donors (Lipinski definition) is 0. The molecule has 15 heavy (non-hydrogen) atoms. The fourth-order valence-corrected chi connectivity index (χ4v) is 2.71. The molecular weight excluding hydrogens is 201 g/mol. The van der Waals surface area contributed by atoms with Crippen LogP contribution in [-0.2, 0) is 0 Å². The van der Waals surface area contributed by atoms with Crippen LogP contribution >= 0.6 is 0 Å². The minimum Gasteiger partial charge on any atom is -0.171 e. The average Bonchev–Trinajstić information content (AvgIpc) is 2.58. The van der Waals surface area contributed by atoms with E-state index in [9.17, 15) is 13.2 Å². The maximum atomic E-state index is 12.9. The van der Waals surface area contributed by atoms with Crippen molar-refractivity contribution in [2.45, 2.75) is 31.9 Å². The van der Waals surface area contributed by atoms with Crippen molar-refractivity contribution >= 4 is 0 Å². The van der Waals surface area contributed by atoms with E-state index in [-0.39, 0.29) is 11.8 Å². The maximum absolute atomic E-state index is 12.9. The van der Waals surface area contributed by atoms with Crippen LogP contribution in [0.15, 0.2) is 24.3 Å². The van der Waals surface area contributed by atoms with E-state index in [1.54, 1.807) is 12.2 Å². The van der Waals surface area contributed by atoms with Gasteiger partial charge in [0.15, 0.2) is 0 Å². The topological polar surface area (TPSA) is 0 Å². The highest BCUT2D eigenvalue weighted by Crippen LogP contribution is 2.48. The summed E-state index contributed by atoms with van der Waals surface area (Å²) in [6, 6.07) is 0. The highest BCUT2D eigenvalue weighted by atomic mass is 19.4. The fourth-order valence-electron chi connectivity index (χ4n) is 2.71. The van der Waals surface area contributed by atoms with Gasteiger partial charge in [-0.3, -0.25) is 0 Å². The molecule has 0 nitrogen and oxygen atoms in total. The van der Waals surface area contributed by atoms with Crippen molar-refractivity contribution in [3.8, 4) is 0 Å². The Kier molecular flexibility index (Phi) is 2.89. The van der Waals surface area contributed by atoms with E-state index < -0.39 is 12.1 Å². The van der Waals surface area contributed by atoms with Gasteiger partial charge in [0, 0.05) is 0 Å². The molecule has 0 amide bonds. The van der Waals surface area contributed by atoms with Gasteiger partial charge in [0.2, 0.25) is 0 Å². The Morgan fingerprint density at radius 3 is 1.73 bits per heavy atom. The molecule has 0 aromatic rings. The SMILES string of the molecule is FC(F)(F)C1C2/C=C\CC/C=C\C1CC2. The smallest absolute Gasteiger partial charge is 0.171 e. The molecule has 3 heteroatoms. The quantitative estimate of drug-likeness (QED) is 0.535. The van der Waals surface area contributed by atoms with Crippen LogP contribution in [-0.4, -0.2) is 6.18 Å². The molecule has 0 aromatic heterocycles. The summed E-state index contributed by atoms with van der Waals surface area (Å²) in [5.41, 5.74) is 0. The highest BCUT2D eigenvalue weighted by molar-refractivity contribution is 5.08. The van der Waals surface area contributed by atoms with Gasteiger partial charge in [0.1, 0.15) is 0 Å². The first-order valence-corrected chi connectivity index (χ1v) is 5.49. The number of alkyl halides is 3. The van der Waals surface area contributed by atoms with E-state index in [4.69, 9.17) is 0 Å². The van der Waals surface area contributed by atoms with Gasteiger partial charge >= 0.3 is 6.18 Å². The van der Waals surface area contributed by atoms with E-state index in [0.29, 0.717) is 12.8 Å². The molecular formula is C12H15F3. The van der Waals surface area contributed by atoms with Gasteiger partial charge in [-0.15, -0.1) is 0 Å². The van der Waals surface area contributed by atoms with Crippen LogP contribution in [0.1, 0.15) is 25.7 Å². The summed E-state index contributed by atoms with van der Waals surface area (Å²) >= 11 is 0. The van der Waals surface area contributed by atoms with Crippen LogP contribution in [0, 0.1) is 17.8 Å². The normalized spacial score (nSPS) is 40.3. The zero-order valence-electron chi connectivity index (χ0n) is 8.50. The van der Waals surface area contributed by atoms with Gasteiger partial charge < -0.3 is 0 Å². The first-order valence-electron chi connectivity index (χ1n) is 5.49. The predicted octanol–water partition coefficient (Wildman–Crippen LogP) is 4.10. The maximum Gasteiger partial charge on any atom is 0.392 e. The summed E-state index contributed by atoms with van der Waals surface area (Å²) in [5, 5.41) is 0. The van der Waals surface area contributed by atoms with Crippen molar-refractivity contribution in [1.82, 2.24) is 0 Å². The second-order valence-corrected chi connectivity index (χ2v) is 4.41. The van der Waals surface area contributed by atoms with E-state index in [2.05, 4.69) is 0 Å². The summed E-state index contributed by atoms with van der Waals surface area (Å²) in [7, 11) is 0. The first kappa shape index (κ1) is 10.8. The number of halogens is 3. The van der Waals surface area contributed by atoms with Crippen LogP contribution in [0.2, 0.25) is 0 Å². The molecule has 0 aliphatic heterocycles. The molecule has 2 aliphatic rings. The van der Waals surface area contributed by atoms with Crippen LogP contribution < -0.4 is 0 Å². The van der Waals surface area contributed by atoms with Crippen LogP contribution in [0.3, 0.4) is 0 Å². The largest absolute Gasteiger partial charge is 0.392 e. The average molecular weight is 216 g/mol. The Bertz CT molecular complexity index is 253. The van der Waals surface area contributed by atoms with Gasteiger partial charge in [-0.05, 0) is 37.5 Å². The lowest BCUT2D eigenvalue weighted by atomic mass is 9.88. The zero-order valence-corrected chi connectivity index (χ0v) is 8.50. The summed E-state index contributed by atoms with van der Waals surface area (Å²) in [5.74, 6) is -1.74. The van der Waals surface area contributed by atoms with Crippen LogP contribution in [0.5, 0.6) is 0 Å². The lowest BCUT2D eigenvalue weighted by molar-refractivity contribution is -0.186. The molecule has 0 spiro atoms. The number of allylic oxidation sites excluding steroid dienone is 4. The third-order valence-electron chi connectivity index (χ3n) is 3.40. The van der Waals surface area contributed by atoms with E-state index in [1.165, 1.54) is 0 Å². The Balaban J connectivity index is 2.27. The van der Waals surface area contributed by atoms with Gasteiger partial charge in [0.25, 0.3) is 0 Å². The van der Waals surface area contributed by atoms with Gasteiger partial charge in [-0.1, -0.05) is 24.3 Å². The molecule has 2 aliphatic carbocycles. The molecule has 84 valence electrons. The Hall–Kier alpha value is -0.730. The Labute approximate surface area is 87.9 Å². The summed E-state index contributed by atoms with van der Waals surface area (Å²) in [6.07, 6.45) is 6.41. The molecule has 0 heterocycles. The molecule has 0 radical (unpaired) electrons. The summed E-state index contributed by atoms with van der Waals surface area (Å²) in [4.78, 5) is 0. The molecule has 0 saturated heterocycles. The van der Waals surface area contributed by atoms with Crippen LogP contribution in [0.4, 0.5) is 13.2 Å². The third-order valence-corrected chi connectivity index (χ3v) is 3.40. The zero-order chi connectivity index (χ0) is 10.9. The van der Waals surface area contributed by atoms with E-state index >= 15 is 0 Å². The molecule has 1 saturated carbocycles. The molecule has 2 rings (SSSR count). The number of fused-ring (bicyclic) bond motifs is 2. The molecule has 0 aromatic carbocycles. The fraction of sp³-hybridized carbons (Fsp3) is 0.667.